The summed E-state index contributed by atoms with van der Waals surface area (Å²) in [6.45, 7) is 0. The van der Waals surface area contributed by atoms with Crippen LogP contribution in [0.5, 0.6) is 0 Å². The number of anilines is 1. The Balaban J connectivity index is 1.88. The molecule has 0 aliphatic heterocycles. The molecule has 2 aromatic rings. The maximum atomic E-state index is 6.04. The molecule has 0 bridgehead atoms. The lowest BCUT2D eigenvalue weighted by molar-refractivity contribution is 0.880. The van der Waals surface area contributed by atoms with E-state index in [0.717, 1.165) is 21.6 Å². The Kier molecular flexibility index (Phi) is 4.06. The van der Waals surface area contributed by atoms with Gasteiger partial charge in [0.05, 0.1) is 10.0 Å². The summed E-state index contributed by atoms with van der Waals surface area (Å²) in [5, 5.41) is 5.13. The van der Waals surface area contributed by atoms with Gasteiger partial charge in [-0.1, -0.05) is 35.0 Å². The Bertz CT molecular complexity index is 644. The Labute approximate surface area is 132 Å². The zero-order valence-corrected chi connectivity index (χ0v) is 13.2. The van der Waals surface area contributed by atoms with Crippen LogP contribution in [0.25, 0.3) is 0 Å². The molecule has 1 N–H and O–H groups in total. The fourth-order valence-electron chi connectivity index (χ4n) is 1.81. The summed E-state index contributed by atoms with van der Waals surface area (Å²) in [5.41, 5.74) is 0. The smallest absolute Gasteiger partial charge is 0.135 e. The molecular weight excluding hydrogens is 313 g/mol. The number of halogens is 2. The second-order valence-electron chi connectivity index (χ2n) is 4.65. The first-order valence-corrected chi connectivity index (χ1v) is 7.92. The second-order valence-corrected chi connectivity index (χ2v) is 6.56. The summed E-state index contributed by atoms with van der Waals surface area (Å²) in [6.07, 6.45) is 2.37. The van der Waals surface area contributed by atoms with E-state index in [-0.39, 0.29) is 0 Å². The van der Waals surface area contributed by atoms with Gasteiger partial charge in [0, 0.05) is 23.9 Å². The summed E-state index contributed by atoms with van der Waals surface area (Å²) in [6, 6.07) is 7.54. The van der Waals surface area contributed by atoms with E-state index >= 15 is 0 Å². The highest BCUT2D eigenvalue weighted by Gasteiger charge is 2.27. The van der Waals surface area contributed by atoms with Crippen LogP contribution in [0.4, 0.5) is 5.82 Å². The topological polar surface area (TPSA) is 37.8 Å². The number of rotatable bonds is 4. The molecule has 6 heteroatoms. The average molecular weight is 326 g/mol. The molecule has 0 radical (unpaired) electrons. The van der Waals surface area contributed by atoms with Crippen LogP contribution in [0, 0.1) is 0 Å². The SMILES string of the molecule is CNc1cc(Sc2ccc(Cl)c(Cl)c2)nc(C2CC2)n1. The molecule has 0 spiro atoms. The number of hydrogen-bond donors (Lipinski definition) is 1. The van der Waals surface area contributed by atoms with Crippen LogP contribution in [-0.2, 0) is 0 Å². The summed E-state index contributed by atoms with van der Waals surface area (Å²) in [5.74, 6) is 2.31. The minimum absolute atomic E-state index is 0.524. The van der Waals surface area contributed by atoms with Crippen molar-refractivity contribution in [2.75, 3.05) is 12.4 Å². The van der Waals surface area contributed by atoms with Gasteiger partial charge in [0.15, 0.2) is 0 Å². The molecule has 1 aromatic carbocycles. The number of aromatic nitrogens is 2. The highest BCUT2D eigenvalue weighted by Crippen LogP contribution is 2.40. The maximum absolute atomic E-state index is 6.04. The highest BCUT2D eigenvalue weighted by molar-refractivity contribution is 7.99. The van der Waals surface area contributed by atoms with Crippen LogP contribution >= 0.6 is 35.0 Å². The molecule has 0 saturated heterocycles. The molecule has 104 valence electrons. The van der Waals surface area contributed by atoms with Crippen molar-refractivity contribution in [3.05, 3.63) is 40.1 Å². The van der Waals surface area contributed by atoms with Crippen molar-refractivity contribution >= 4 is 40.8 Å². The first-order chi connectivity index (χ1) is 9.65. The summed E-state index contributed by atoms with van der Waals surface area (Å²) >= 11 is 13.5. The third-order valence-corrected chi connectivity index (χ3v) is 4.68. The van der Waals surface area contributed by atoms with Crippen LogP contribution in [0.3, 0.4) is 0 Å². The summed E-state index contributed by atoms with van der Waals surface area (Å²) < 4.78 is 0. The molecule has 0 unspecified atom stereocenters. The number of nitrogens with zero attached hydrogens (tertiary/aromatic N) is 2. The minimum atomic E-state index is 0.524. The van der Waals surface area contributed by atoms with Crippen molar-refractivity contribution in [3.63, 3.8) is 0 Å². The normalized spacial score (nSPS) is 14.3. The molecule has 1 saturated carbocycles. The molecule has 3 nitrogen and oxygen atoms in total. The van der Waals surface area contributed by atoms with Gasteiger partial charge < -0.3 is 5.32 Å². The van der Waals surface area contributed by atoms with Gasteiger partial charge in [-0.3, -0.25) is 0 Å². The first-order valence-electron chi connectivity index (χ1n) is 6.35. The van der Waals surface area contributed by atoms with Crippen molar-refractivity contribution in [2.45, 2.75) is 28.7 Å². The number of hydrogen-bond acceptors (Lipinski definition) is 4. The summed E-state index contributed by atoms with van der Waals surface area (Å²) in [7, 11) is 1.87. The molecule has 1 aliphatic rings. The van der Waals surface area contributed by atoms with Crippen LogP contribution in [-0.4, -0.2) is 17.0 Å². The molecule has 1 aliphatic carbocycles. The van der Waals surface area contributed by atoms with E-state index in [1.165, 1.54) is 12.8 Å². The quantitative estimate of drug-likeness (QED) is 0.815. The fraction of sp³-hybridized carbons (Fsp3) is 0.286. The standard InChI is InChI=1S/C14H13Cl2N3S/c1-17-12-7-13(19-14(18-12)8-2-3-8)20-9-4-5-10(15)11(16)6-9/h4-8H,2-3H2,1H3,(H,17,18,19). The molecule has 0 amide bonds. The third-order valence-electron chi connectivity index (χ3n) is 3.03. The van der Waals surface area contributed by atoms with Crippen LogP contribution in [0.1, 0.15) is 24.6 Å². The Morgan fingerprint density at radius 3 is 2.60 bits per heavy atom. The van der Waals surface area contributed by atoms with E-state index in [2.05, 4.69) is 15.3 Å². The lowest BCUT2D eigenvalue weighted by atomic mass is 10.4. The van der Waals surface area contributed by atoms with Gasteiger partial charge in [-0.25, -0.2) is 9.97 Å². The molecule has 20 heavy (non-hydrogen) atoms. The predicted molar refractivity (Wildman–Crippen MR) is 84.1 cm³/mol. The van der Waals surface area contributed by atoms with Gasteiger partial charge in [0.25, 0.3) is 0 Å². The van der Waals surface area contributed by atoms with Crippen molar-refractivity contribution in [1.29, 1.82) is 0 Å². The molecule has 0 atom stereocenters. The van der Waals surface area contributed by atoms with Crippen molar-refractivity contribution in [1.82, 2.24) is 9.97 Å². The predicted octanol–water partition coefficient (Wildman–Crippen LogP) is 4.85. The summed E-state index contributed by atoms with van der Waals surface area (Å²) in [4.78, 5) is 10.1. The van der Waals surface area contributed by atoms with E-state index in [0.29, 0.717) is 16.0 Å². The Morgan fingerprint density at radius 1 is 1.15 bits per heavy atom. The largest absolute Gasteiger partial charge is 0.373 e. The second kappa shape index (κ2) is 5.80. The van der Waals surface area contributed by atoms with E-state index < -0.39 is 0 Å². The van der Waals surface area contributed by atoms with E-state index in [9.17, 15) is 0 Å². The Morgan fingerprint density at radius 2 is 1.95 bits per heavy atom. The minimum Gasteiger partial charge on any atom is -0.373 e. The number of nitrogens with one attached hydrogen (secondary N) is 1. The van der Waals surface area contributed by atoms with Gasteiger partial charge in [-0.15, -0.1) is 0 Å². The van der Waals surface area contributed by atoms with Gasteiger partial charge >= 0.3 is 0 Å². The fourth-order valence-corrected chi connectivity index (χ4v) is 3.04. The maximum Gasteiger partial charge on any atom is 0.135 e. The van der Waals surface area contributed by atoms with Crippen LogP contribution in [0.2, 0.25) is 10.0 Å². The molecule has 3 rings (SSSR count). The van der Waals surface area contributed by atoms with Gasteiger partial charge in [0.1, 0.15) is 16.7 Å². The lowest BCUT2D eigenvalue weighted by Crippen LogP contribution is -2.00. The Hall–Kier alpha value is -0.970. The zero-order valence-electron chi connectivity index (χ0n) is 10.9. The molecular formula is C14H13Cl2N3S. The molecule has 1 heterocycles. The number of benzene rings is 1. The van der Waals surface area contributed by atoms with Gasteiger partial charge in [-0.2, -0.15) is 0 Å². The monoisotopic (exact) mass is 325 g/mol. The third kappa shape index (κ3) is 3.19. The van der Waals surface area contributed by atoms with Crippen LogP contribution in [0.15, 0.2) is 34.2 Å². The van der Waals surface area contributed by atoms with E-state index in [1.54, 1.807) is 17.8 Å². The zero-order chi connectivity index (χ0) is 14.1. The van der Waals surface area contributed by atoms with Crippen molar-refractivity contribution < 1.29 is 0 Å². The van der Waals surface area contributed by atoms with E-state index in [4.69, 9.17) is 23.2 Å². The van der Waals surface area contributed by atoms with Crippen molar-refractivity contribution in [2.24, 2.45) is 0 Å². The lowest BCUT2D eigenvalue weighted by Gasteiger charge is -2.07. The van der Waals surface area contributed by atoms with Gasteiger partial charge in [-0.05, 0) is 31.0 Å². The van der Waals surface area contributed by atoms with Crippen molar-refractivity contribution in [3.8, 4) is 0 Å². The van der Waals surface area contributed by atoms with Crippen LogP contribution < -0.4 is 5.32 Å². The van der Waals surface area contributed by atoms with E-state index in [1.807, 2.05) is 25.2 Å². The first kappa shape index (κ1) is 14.0. The molecule has 1 aromatic heterocycles. The molecule has 1 fully saturated rings. The average Bonchev–Trinajstić information content (AvgIpc) is 3.27. The highest BCUT2D eigenvalue weighted by atomic mass is 35.5. The van der Waals surface area contributed by atoms with Gasteiger partial charge in [0.2, 0.25) is 0 Å².